The lowest BCUT2D eigenvalue weighted by molar-refractivity contribution is -0.143. The van der Waals surface area contributed by atoms with E-state index in [9.17, 15) is 14.0 Å². The van der Waals surface area contributed by atoms with Gasteiger partial charge in [0, 0.05) is 39.1 Å². The van der Waals surface area contributed by atoms with E-state index < -0.39 is 11.9 Å². The predicted octanol–water partition coefficient (Wildman–Crippen LogP) is 3.09. The Hall–Kier alpha value is -3.42. The van der Waals surface area contributed by atoms with Crippen molar-refractivity contribution < 1.29 is 18.7 Å². The number of ether oxygens (including phenoxy) is 1. The van der Waals surface area contributed by atoms with Crippen LogP contribution >= 0.6 is 0 Å². The molecule has 4 rings (SSSR count). The Morgan fingerprint density at radius 3 is 2.50 bits per heavy atom. The highest BCUT2D eigenvalue weighted by molar-refractivity contribution is 5.82. The van der Waals surface area contributed by atoms with E-state index in [1.807, 2.05) is 30.6 Å². The van der Waals surface area contributed by atoms with Crippen LogP contribution in [-0.4, -0.2) is 63.4 Å². The summed E-state index contributed by atoms with van der Waals surface area (Å²) in [5, 5.41) is 0. The van der Waals surface area contributed by atoms with Crippen LogP contribution < -0.4 is 4.74 Å². The van der Waals surface area contributed by atoms with Gasteiger partial charge in [-0.15, -0.1) is 0 Å². The average molecular weight is 439 g/mol. The second-order valence-corrected chi connectivity index (χ2v) is 7.93. The van der Waals surface area contributed by atoms with Gasteiger partial charge in [0.25, 0.3) is 5.91 Å². The number of carbonyl (C=O) groups is 2. The minimum Gasteiger partial charge on any atom is -0.478 e. The summed E-state index contributed by atoms with van der Waals surface area (Å²) in [6, 6.07) is 14.0. The van der Waals surface area contributed by atoms with Crippen LogP contribution in [-0.2, 0) is 16.1 Å². The van der Waals surface area contributed by atoms with Gasteiger partial charge in [0.05, 0.1) is 17.4 Å². The highest BCUT2D eigenvalue weighted by Gasteiger charge is 2.28. The summed E-state index contributed by atoms with van der Waals surface area (Å²) in [6.07, 6.45) is 2.20. The van der Waals surface area contributed by atoms with Crippen molar-refractivity contribution in [1.82, 2.24) is 19.4 Å². The maximum Gasteiger partial charge on any atom is 0.263 e. The number of piperazine rings is 1. The molecule has 8 heteroatoms. The third-order valence-corrected chi connectivity index (χ3v) is 5.75. The smallest absolute Gasteiger partial charge is 0.263 e. The topological polar surface area (TPSA) is 67.7 Å². The van der Waals surface area contributed by atoms with Crippen molar-refractivity contribution in [2.24, 2.45) is 0 Å². The molecule has 1 unspecified atom stereocenters. The normalized spacial score (nSPS) is 15.1. The SMILES string of the molecule is CC(Oc1ccccc1F)C(=O)N1CCN(C(=O)CCCn2cnc3ccccc32)CC1. The lowest BCUT2D eigenvalue weighted by atomic mass is 10.2. The summed E-state index contributed by atoms with van der Waals surface area (Å²) in [7, 11) is 0. The molecule has 2 amide bonds. The van der Waals surface area contributed by atoms with Crippen LogP contribution in [0.2, 0.25) is 0 Å². The number of benzene rings is 2. The second kappa shape index (κ2) is 9.80. The van der Waals surface area contributed by atoms with Gasteiger partial charge in [-0.2, -0.15) is 0 Å². The van der Waals surface area contributed by atoms with E-state index in [2.05, 4.69) is 9.55 Å². The first kappa shape index (κ1) is 21.8. The summed E-state index contributed by atoms with van der Waals surface area (Å²) < 4.78 is 21.3. The third kappa shape index (κ3) is 4.90. The van der Waals surface area contributed by atoms with E-state index in [4.69, 9.17) is 4.74 Å². The number of imidazole rings is 1. The number of aromatic nitrogens is 2. The fourth-order valence-electron chi connectivity index (χ4n) is 3.96. The zero-order chi connectivity index (χ0) is 22.5. The van der Waals surface area contributed by atoms with E-state index in [1.54, 1.807) is 28.9 Å². The molecule has 1 atom stereocenters. The molecule has 0 radical (unpaired) electrons. The molecular formula is C24H27FN4O3. The Morgan fingerprint density at radius 2 is 1.72 bits per heavy atom. The van der Waals surface area contributed by atoms with Crippen molar-refractivity contribution in [3.8, 4) is 5.75 Å². The summed E-state index contributed by atoms with van der Waals surface area (Å²) in [4.78, 5) is 33.1. The van der Waals surface area contributed by atoms with Gasteiger partial charge < -0.3 is 19.1 Å². The van der Waals surface area contributed by atoms with Crippen molar-refractivity contribution in [1.29, 1.82) is 0 Å². The van der Waals surface area contributed by atoms with Crippen molar-refractivity contribution in [2.45, 2.75) is 32.4 Å². The highest BCUT2D eigenvalue weighted by atomic mass is 19.1. The molecule has 0 spiro atoms. The lowest BCUT2D eigenvalue weighted by Crippen LogP contribution is -2.53. The van der Waals surface area contributed by atoms with Gasteiger partial charge in [0.15, 0.2) is 17.7 Å². The number of para-hydroxylation sites is 3. The van der Waals surface area contributed by atoms with Crippen LogP contribution in [0.1, 0.15) is 19.8 Å². The summed E-state index contributed by atoms with van der Waals surface area (Å²) in [5.74, 6) is -0.538. The number of nitrogens with zero attached hydrogens (tertiary/aromatic N) is 4. The van der Waals surface area contributed by atoms with Crippen LogP contribution in [0.3, 0.4) is 0 Å². The number of halogens is 1. The molecule has 7 nitrogen and oxygen atoms in total. The van der Waals surface area contributed by atoms with Crippen molar-refractivity contribution in [3.63, 3.8) is 0 Å². The fraction of sp³-hybridized carbons (Fsp3) is 0.375. The van der Waals surface area contributed by atoms with E-state index in [0.29, 0.717) is 32.6 Å². The molecule has 32 heavy (non-hydrogen) atoms. The van der Waals surface area contributed by atoms with E-state index in [0.717, 1.165) is 24.0 Å². The van der Waals surface area contributed by atoms with Crippen molar-refractivity contribution in [3.05, 3.63) is 60.7 Å². The van der Waals surface area contributed by atoms with Crippen LogP contribution in [0.15, 0.2) is 54.9 Å². The van der Waals surface area contributed by atoms with Gasteiger partial charge in [-0.3, -0.25) is 9.59 Å². The molecule has 0 bridgehead atoms. The Balaban J connectivity index is 1.22. The standard InChI is InChI=1S/C24H27FN4O3/c1-18(32-22-10-5-2-7-19(22)25)24(31)28-15-13-27(14-16-28)23(30)11-6-12-29-17-26-20-8-3-4-9-21(20)29/h2-5,7-10,17-18H,6,11-16H2,1H3. The zero-order valence-corrected chi connectivity index (χ0v) is 18.1. The first-order chi connectivity index (χ1) is 15.5. The van der Waals surface area contributed by atoms with Gasteiger partial charge in [0.2, 0.25) is 5.91 Å². The molecule has 0 N–H and O–H groups in total. The van der Waals surface area contributed by atoms with Crippen LogP contribution in [0.25, 0.3) is 11.0 Å². The zero-order valence-electron chi connectivity index (χ0n) is 18.1. The van der Waals surface area contributed by atoms with Crippen molar-refractivity contribution in [2.75, 3.05) is 26.2 Å². The molecule has 1 fully saturated rings. The molecule has 3 aromatic rings. The number of rotatable bonds is 7. The number of hydrogen-bond donors (Lipinski definition) is 0. The molecule has 168 valence electrons. The number of carbonyl (C=O) groups excluding carboxylic acids is 2. The molecule has 1 aromatic heterocycles. The number of hydrogen-bond acceptors (Lipinski definition) is 4. The minimum absolute atomic E-state index is 0.0628. The third-order valence-electron chi connectivity index (χ3n) is 5.75. The maximum absolute atomic E-state index is 13.8. The molecule has 2 heterocycles. The number of fused-ring (bicyclic) bond motifs is 1. The van der Waals surface area contributed by atoms with Crippen LogP contribution in [0, 0.1) is 5.82 Å². The van der Waals surface area contributed by atoms with Gasteiger partial charge in [-0.25, -0.2) is 9.37 Å². The Kier molecular flexibility index (Phi) is 6.68. The van der Waals surface area contributed by atoms with Gasteiger partial charge in [-0.1, -0.05) is 24.3 Å². The summed E-state index contributed by atoms with van der Waals surface area (Å²) >= 11 is 0. The molecular weight excluding hydrogens is 411 g/mol. The Morgan fingerprint density at radius 1 is 1.03 bits per heavy atom. The number of aryl methyl sites for hydroxylation is 1. The van der Waals surface area contributed by atoms with E-state index in [-0.39, 0.29) is 17.6 Å². The monoisotopic (exact) mass is 438 g/mol. The Bertz CT molecular complexity index is 1090. The van der Waals surface area contributed by atoms with E-state index >= 15 is 0 Å². The van der Waals surface area contributed by atoms with E-state index in [1.165, 1.54) is 12.1 Å². The summed E-state index contributed by atoms with van der Waals surface area (Å²) in [6.45, 7) is 4.22. The quantitative estimate of drug-likeness (QED) is 0.569. The predicted molar refractivity (Wildman–Crippen MR) is 119 cm³/mol. The molecule has 0 aliphatic carbocycles. The largest absolute Gasteiger partial charge is 0.478 e. The first-order valence-corrected chi connectivity index (χ1v) is 10.9. The van der Waals surface area contributed by atoms with Gasteiger partial charge >= 0.3 is 0 Å². The van der Waals surface area contributed by atoms with Crippen LogP contribution in [0.5, 0.6) is 5.75 Å². The second-order valence-electron chi connectivity index (χ2n) is 7.93. The van der Waals surface area contributed by atoms with Gasteiger partial charge in [0.1, 0.15) is 0 Å². The molecule has 1 aliphatic heterocycles. The summed E-state index contributed by atoms with van der Waals surface area (Å²) in [5.41, 5.74) is 2.02. The first-order valence-electron chi connectivity index (χ1n) is 10.9. The molecule has 1 aliphatic rings. The molecule has 1 saturated heterocycles. The molecule has 0 saturated carbocycles. The average Bonchev–Trinajstić information content (AvgIpc) is 3.23. The van der Waals surface area contributed by atoms with Crippen LogP contribution in [0.4, 0.5) is 4.39 Å². The minimum atomic E-state index is -0.792. The molecule has 2 aromatic carbocycles. The number of amides is 2. The Labute approximate surface area is 186 Å². The highest BCUT2D eigenvalue weighted by Crippen LogP contribution is 2.18. The van der Waals surface area contributed by atoms with Gasteiger partial charge in [-0.05, 0) is 37.6 Å². The fourth-order valence-corrected chi connectivity index (χ4v) is 3.96. The van der Waals surface area contributed by atoms with Crippen molar-refractivity contribution >= 4 is 22.8 Å². The lowest BCUT2D eigenvalue weighted by Gasteiger charge is -2.36. The maximum atomic E-state index is 13.8.